The zero-order valence-electron chi connectivity index (χ0n) is 9.99. The maximum Gasteiger partial charge on any atom is 0.255 e. The van der Waals surface area contributed by atoms with E-state index >= 15 is 0 Å². The van der Waals surface area contributed by atoms with E-state index in [4.69, 9.17) is 0 Å². The molecule has 0 aliphatic heterocycles. The highest BCUT2D eigenvalue weighted by Gasteiger charge is 2.16. The molecule has 0 fully saturated rings. The lowest BCUT2D eigenvalue weighted by Gasteiger charge is -2.17. The van der Waals surface area contributed by atoms with Gasteiger partial charge in [-0.2, -0.15) is 0 Å². The third kappa shape index (κ3) is 3.90. The number of halogens is 3. The minimum atomic E-state index is -0.00213. The summed E-state index contributed by atoms with van der Waals surface area (Å²) in [7, 11) is 1.81. The molecule has 0 saturated carbocycles. The number of carbonyl (C=O) groups is 1. The molecule has 0 unspecified atom stereocenters. The minimum absolute atomic E-state index is 0.00213. The Balaban J connectivity index is 2.16. The number of hydrogen-bond acceptors (Lipinski definition) is 2. The van der Waals surface area contributed by atoms with E-state index in [0.29, 0.717) is 12.1 Å². The molecule has 0 radical (unpaired) electrons. The molecule has 0 saturated heterocycles. The summed E-state index contributed by atoms with van der Waals surface area (Å²) in [6.07, 6.45) is 0. The van der Waals surface area contributed by atoms with Crippen LogP contribution in [0.3, 0.4) is 0 Å². The Morgan fingerprint density at radius 2 is 1.95 bits per heavy atom. The molecule has 2 aromatic rings. The molecule has 0 aliphatic rings. The fourth-order valence-corrected chi connectivity index (χ4v) is 3.89. The topological polar surface area (TPSA) is 20.3 Å². The van der Waals surface area contributed by atoms with E-state index in [1.165, 1.54) is 0 Å². The van der Waals surface area contributed by atoms with Crippen LogP contribution in [0.15, 0.2) is 43.1 Å². The van der Waals surface area contributed by atoms with Gasteiger partial charge in [-0.25, -0.2) is 0 Å². The van der Waals surface area contributed by atoms with Crippen molar-refractivity contribution in [2.75, 3.05) is 7.05 Å². The van der Waals surface area contributed by atoms with Crippen molar-refractivity contribution in [3.05, 3.63) is 53.5 Å². The van der Waals surface area contributed by atoms with Gasteiger partial charge in [-0.15, -0.1) is 11.3 Å². The van der Waals surface area contributed by atoms with Crippen LogP contribution in [0.1, 0.15) is 15.2 Å². The smallest absolute Gasteiger partial charge is 0.255 e. The minimum Gasteiger partial charge on any atom is -0.337 e. The van der Waals surface area contributed by atoms with E-state index in [1.54, 1.807) is 16.2 Å². The SMILES string of the molecule is CN(Cc1cc(Br)cs1)C(=O)c1cc(Br)ccc1Br. The van der Waals surface area contributed by atoms with E-state index in [-0.39, 0.29) is 5.91 Å². The van der Waals surface area contributed by atoms with Gasteiger partial charge >= 0.3 is 0 Å². The van der Waals surface area contributed by atoms with Gasteiger partial charge in [0.25, 0.3) is 5.91 Å². The summed E-state index contributed by atoms with van der Waals surface area (Å²) < 4.78 is 2.75. The molecule has 0 atom stereocenters. The van der Waals surface area contributed by atoms with Gasteiger partial charge in [0, 0.05) is 30.7 Å². The van der Waals surface area contributed by atoms with Crippen LogP contribution in [-0.4, -0.2) is 17.9 Å². The average molecular weight is 468 g/mol. The summed E-state index contributed by atoms with van der Waals surface area (Å²) in [6.45, 7) is 0.605. The van der Waals surface area contributed by atoms with Gasteiger partial charge in [0.05, 0.1) is 12.1 Å². The maximum absolute atomic E-state index is 12.4. The van der Waals surface area contributed by atoms with Crippen molar-refractivity contribution >= 4 is 65.0 Å². The number of amides is 1. The lowest BCUT2D eigenvalue weighted by Crippen LogP contribution is -2.26. The van der Waals surface area contributed by atoms with Gasteiger partial charge in [0.15, 0.2) is 0 Å². The molecule has 2 rings (SSSR count). The van der Waals surface area contributed by atoms with E-state index in [1.807, 2.05) is 36.7 Å². The first-order valence-corrected chi connectivity index (χ1v) is 8.66. The van der Waals surface area contributed by atoms with Gasteiger partial charge < -0.3 is 4.90 Å². The first kappa shape index (κ1) is 15.2. The second kappa shape index (κ2) is 6.52. The van der Waals surface area contributed by atoms with Crippen LogP contribution < -0.4 is 0 Å². The lowest BCUT2D eigenvalue weighted by atomic mass is 10.2. The Bertz CT molecular complexity index is 612. The number of rotatable bonds is 3. The van der Waals surface area contributed by atoms with Crippen LogP contribution in [0.5, 0.6) is 0 Å². The molecule has 0 aliphatic carbocycles. The monoisotopic (exact) mass is 465 g/mol. The highest BCUT2D eigenvalue weighted by Crippen LogP contribution is 2.25. The molecule has 100 valence electrons. The molecular formula is C13H10Br3NOS. The van der Waals surface area contributed by atoms with Crippen LogP contribution in [-0.2, 0) is 6.54 Å². The molecule has 0 spiro atoms. The predicted octanol–water partition coefficient (Wildman–Crippen LogP) is 5.31. The number of hydrogen-bond donors (Lipinski definition) is 0. The van der Waals surface area contributed by atoms with E-state index in [9.17, 15) is 4.79 Å². The van der Waals surface area contributed by atoms with Crippen LogP contribution >= 0.6 is 59.1 Å². The number of thiophene rings is 1. The lowest BCUT2D eigenvalue weighted by molar-refractivity contribution is 0.0785. The third-order valence-corrected chi connectivity index (χ3v) is 5.39. The summed E-state index contributed by atoms with van der Waals surface area (Å²) in [5.74, 6) is -0.00213. The summed E-state index contributed by atoms with van der Waals surface area (Å²) in [6, 6.07) is 7.63. The summed E-state index contributed by atoms with van der Waals surface area (Å²) >= 11 is 11.9. The van der Waals surface area contributed by atoms with Crippen molar-refractivity contribution < 1.29 is 4.79 Å². The Morgan fingerprint density at radius 1 is 1.21 bits per heavy atom. The van der Waals surface area contributed by atoms with Crippen molar-refractivity contribution in [3.63, 3.8) is 0 Å². The van der Waals surface area contributed by atoms with Gasteiger partial charge in [0.1, 0.15) is 0 Å². The Kier molecular flexibility index (Phi) is 5.22. The second-order valence-corrected chi connectivity index (χ2v) is 7.70. The van der Waals surface area contributed by atoms with E-state index in [2.05, 4.69) is 47.8 Å². The Labute approximate surface area is 141 Å². The molecule has 6 heteroatoms. The van der Waals surface area contributed by atoms with Crippen LogP contribution in [0.25, 0.3) is 0 Å². The highest BCUT2D eigenvalue weighted by molar-refractivity contribution is 9.11. The second-order valence-electron chi connectivity index (χ2n) is 4.02. The molecule has 0 N–H and O–H groups in total. The molecule has 19 heavy (non-hydrogen) atoms. The molecule has 1 heterocycles. The quantitative estimate of drug-likeness (QED) is 0.599. The third-order valence-electron chi connectivity index (χ3n) is 2.52. The van der Waals surface area contributed by atoms with Crippen LogP contribution in [0, 0.1) is 0 Å². The van der Waals surface area contributed by atoms with Crippen molar-refractivity contribution in [2.45, 2.75) is 6.54 Å². The van der Waals surface area contributed by atoms with Gasteiger partial charge in [-0.05, 0) is 56.1 Å². The van der Waals surface area contributed by atoms with Gasteiger partial charge in [0.2, 0.25) is 0 Å². The first-order chi connectivity index (χ1) is 8.97. The molecule has 0 bridgehead atoms. The van der Waals surface area contributed by atoms with Crippen LogP contribution in [0.4, 0.5) is 0 Å². The van der Waals surface area contributed by atoms with Crippen molar-refractivity contribution in [1.29, 1.82) is 0 Å². The standard InChI is InChI=1S/C13H10Br3NOS/c1-17(6-10-4-9(15)7-19-10)13(18)11-5-8(14)2-3-12(11)16/h2-5,7H,6H2,1H3. The Hall–Kier alpha value is -0.170. The molecule has 1 aromatic heterocycles. The first-order valence-electron chi connectivity index (χ1n) is 5.41. The maximum atomic E-state index is 12.4. The summed E-state index contributed by atoms with van der Waals surface area (Å²) in [5.41, 5.74) is 0.660. The van der Waals surface area contributed by atoms with Crippen molar-refractivity contribution in [1.82, 2.24) is 4.90 Å². The average Bonchev–Trinajstić information content (AvgIpc) is 2.77. The number of benzene rings is 1. The highest BCUT2D eigenvalue weighted by atomic mass is 79.9. The van der Waals surface area contributed by atoms with Gasteiger partial charge in [-0.3, -0.25) is 4.79 Å². The van der Waals surface area contributed by atoms with E-state index < -0.39 is 0 Å². The van der Waals surface area contributed by atoms with Gasteiger partial charge in [-0.1, -0.05) is 15.9 Å². The van der Waals surface area contributed by atoms with Crippen LogP contribution in [0.2, 0.25) is 0 Å². The summed E-state index contributed by atoms with van der Waals surface area (Å²) in [4.78, 5) is 15.3. The fraction of sp³-hybridized carbons (Fsp3) is 0.154. The van der Waals surface area contributed by atoms with E-state index in [0.717, 1.165) is 18.3 Å². The number of carbonyl (C=O) groups excluding carboxylic acids is 1. The summed E-state index contributed by atoms with van der Waals surface area (Å²) in [5, 5.41) is 2.02. The molecule has 2 nitrogen and oxygen atoms in total. The molecular weight excluding hydrogens is 458 g/mol. The molecule has 1 aromatic carbocycles. The fourth-order valence-electron chi connectivity index (χ4n) is 1.61. The largest absolute Gasteiger partial charge is 0.337 e. The normalized spacial score (nSPS) is 10.5. The zero-order chi connectivity index (χ0) is 14.0. The number of nitrogens with zero attached hydrogens (tertiary/aromatic N) is 1. The van der Waals surface area contributed by atoms with Crippen molar-refractivity contribution in [2.24, 2.45) is 0 Å². The Morgan fingerprint density at radius 3 is 2.58 bits per heavy atom. The zero-order valence-corrected chi connectivity index (χ0v) is 15.6. The predicted molar refractivity (Wildman–Crippen MR) is 89.7 cm³/mol. The van der Waals surface area contributed by atoms with Crippen molar-refractivity contribution in [3.8, 4) is 0 Å². The molecule has 1 amide bonds.